The predicted molar refractivity (Wildman–Crippen MR) is 88.6 cm³/mol. The SMILES string of the molecule is Cc1ccc(SCC(=O)Nc2ccc([N+](=O)[O-])cc2C(F)(F)F)cc1. The average molecular weight is 370 g/mol. The molecular formula is C16H13F3N2O3S. The quantitative estimate of drug-likeness (QED) is 0.472. The number of halogens is 3. The van der Waals surface area contributed by atoms with Gasteiger partial charge < -0.3 is 5.32 Å². The molecule has 0 atom stereocenters. The van der Waals surface area contributed by atoms with Gasteiger partial charge in [-0.1, -0.05) is 17.7 Å². The molecule has 0 aliphatic carbocycles. The smallest absolute Gasteiger partial charge is 0.325 e. The standard InChI is InChI=1S/C16H13F3N2O3S/c1-10-2-5-12(6-3-10)25-9-15(22)20-14-7-4-11(21(23)24)8-13(14)16(17,18)19/h2-8H,9H2,1H3,(H,20,22). The third-order valence-electron chi connectivity index (χ3n) is 3.18. The van der Waals surface area contributed by atoms with E-state index >= 15 is 0 Å². The summed E-state index contributed by atoms with van der Waals surface area (Å²) in [6, 6.07) is 9.54. The number of hydrogen-bond acceptors (Lipinski definition) is 4. The summed E-state index contributed by atoms with van der Waals surface area (Å²) < 4.78 is 39.2. The summed E-state index contributed by atoms with van der Waals surface area (Å²) in [6.45, 7) is 1.91. The zero-order valence-electron chi connectivity index (χ0n) is 13.0. The van der Waals surface area contributed by atoms with Gasteiger partial charge in [-0.15, -0.1) is 11.8 Å². The first-order valence-electron chi connectivity index (χ1n) is 7.02. The number of non-ortho nitro benzene ring substituents is 1. The predicted octanol–water partition coefficient (Wildman–Crippen LogP) is 4.65. The van der Waals surface area contributed by atoms with Crippen molar-refractivity contribution < 1.29 is 22.9 Å². The Bertz CT molecular complexity index is 792. The maximum atomic E-state index is 13.1. The van der Waals surface area contributed by atoms with Crippen LogP contribution in [0.3, 0.4) is 0 Å². The Kier molecular flexibility index (Phi) is 5.68. The van der Waals surface area contributed by atoms with Crippen LogP contribution in [-0.2, 0) is 11.0 Å². The van der Waals surface area contributed by atoms with Gasteiger partial charge in [0.2, 0.25) is 5.91 Å². The summed E-state index contributed by atoms with van der Waals surface area (Å²) in [5.74, 6) is -0.720. The molecule has 2 rings (SSSR count). The fourth-order valence-electron chi connectivity index (χ4n) is 1.96. The number of thioether (sulfide) groups is 1. The second-order valence-corrected chi connectivity index (χ2v) is 6.18. The van der Waals surface area contributed by atoms with Crippen LogP contribution in [0.4, 0.5) is 24.5 Å². The molecule has 0 bridgehead atoms. The lowest BCUT2D eigenvalue weighted by Gasteiger charge is -2.13. The van der Waals surface area contributed by atoms with Gasteiger partial charge in [0.1, 0.15) is 0 Å². The first-order chi connectivity index (χ1) is 11.7. The lowest BCUT2D eigenvalue weighted by Crippen LogP contribution is -2.18. The van der Waals surface area contributed by atoms with Crippen molar-refractivity contribution in [1.82, 2.24) is 0 Å². The van der Waals surface area contributed by atoms with Crippen LogP contribution in [0.25, 0.3) is 0 Å². The number of nitro benzene ring substituents is 1. The molecule has 2 aromatic rings. The minimum atomic E-state index is -4.82. The minimum absolute atomic E-state index is 0.0860. The number of rotatable bonds is 5. The van der Waals surface area contributed by atoms with Crippen LogP contribution < -0.4 is 5.32 Å². The monoisotopic (exact) mass is 370 g/mol. The number of carbonyl (C=O) groups excluding carboxylic acids is 1. The average Bonchev–Trinajstić information content (AvgIpc) is 2.53. The number of nitro groups is 1. The molecule has 1 N–H and O–H groups in total. The van der Waals surface area contributed by atoms with E-state index in [1.54, 1.807) is 12.1 Å². The van der Waals surface area contributed by atoms with E-state index in [9.17, 15) is 28.1 Å². The first kappa shape index (κ1) is 18.8. The van der Waals surface area contributed by atoms with Gasteiger partial charge in [-0.05, 0) is 25.1 Å². The second-order valence-electron chi connectivity index (χ2n) is 5.13. The Morgan fingerprint density at radius 1 is 1.20 bits per heavy atom. The Balaban J connectivity index is 2.11. The van der Waals surface area contributed by atoms with Crippen molar-refractivity contribution in [3.05, 3.63) is 63.7 Å². The van der Waals surface area contributed by atoms with Crippen LogP contribution in [-0.4, -0.2) is 16.6 Å². The molecule has 0 fully saturated rings. The highest BCUT2D eigenvalue weighted by Gasteiger charge is 2.35. The molecule has 0 spiro atoms. The van der Waals surface area contributed by atoms with Gasteiger partial charge in [-0.2, -0.15) is 13.2 Å². The van der Waals surface area contributed by atoms with Gasteiger partial charge in [0.05, 0.1) is 21.9 Å². The van der Waals surface area contributed by atoms with E-state index in [0.717, 1.165) is 22.6 Å². The number of benzene rings is 2. The second kappa shape index (κ2) is 7.56. The van der Waals surface area contributed by atoms with E-state index in [2.05, 4.69) is 5.32 Å². The van der Waals surface area contributed by atoms with E-state index in [1.165, 1.54) is 11.8 Å². The van der Waals surface area contributed by atoms with Gasteiger partial charge in [0, 0.05) is 17.0 Å². The molecule has 0 unspecified atom stereocenters. The summed E-state index contributed by atoms with van der Waals surface area (Å²) in [4.78, 5) is 22.4. The molecule has 9 heteroatoms. The highest BCUT2D eigenvalue weighted by Crippen LogP contribution is 2.37. The summed E-state index contributed by atoms with van der Waals surface area (Å²) in [5.41, 5.74) is -1.41. The van der Waals surface area contributed by atoms with E-state index in [1.807, 2.05) is 19.1 Å². The number of hydrogen-bond donors (Lipinski definition) is 1. The van der Waals surface area contributed by atoms with Crippen LogP contribution in [0.1, 0.15) is 11.1 Å². The van der Waals surface area contributed by atoms with Crippen molar-refractivity contribution in [2.75, 3.05) is 11.1 Å². The van der Waals surface area contributed by atoms with E-state index in [0.29, 0.717) is 6.07 Å². The van der Waals surface area contributed by atoms with E-state index < -0.39 is 33.9 Å². The zero-order chi connectivity index (χ0) is 18.6. The van der Waals surface area contributed by atoms with Crippen LogP contribution in [0.15, 0.2) is 47.4 Å². The summed E-state index contributed by atoms with van der Waals surface area (Å²) >= 11 is 1.18. The third kappa shape index (κ3) is 5.21. The van der Waals surface area contributed by atoms with Crippen molar-refractivity contribution in [1.29, 1.82) is 0 Å². The van der Waals surface area contributed by atoms with Crippen LogP contribution in [0.2, 0.25) is 0 Å². The van der Waals surface area contributed by atoms with E-state index in [4.69, 9.17) is 0 Å². The molecule has 0 saturated heterocycles. The Labute approximate surface area is 145 Å². The number of nitrogens with zero attached hydrogens (tertiary/aromatic N) is 1. The van der Waals surface area contributed by atoms with Gasteiger partial charge in [0.15, 0.2) is 0 Å². The number of amides is 1. The number of anilines is 1. The first-order valence-corrected chi connectivity index (χ1v) is 8.00. The molecule has 0 aromatic heterocycles. The number of nitrogens with one attached hydrogen (secondary N) is 1. The molecule has 0 aliphatic heterocycles. The Morgan fingerprint density at radius 3 is 2.40 bits per heavy atom. The van der Waals surface area contributed by atoms with E-state index in [-0.39, 0.29) is 5.75 Å². The third-order valence-corrected chi connectivity index (χ3v) is 4.20. The highest BCUT2D eigenvalue weighted by atomic mass is 32.2. The molecule has 0 heterocycles. The fraction of sp³-hybridized carbons (Fsp3) is 0.188. The lowest BCUT2D eigenvalue weighted by atomic mass is 10.1. The molecule has 1 amide bonds. The lowest BCUT2D eigenvalue weighted by molar-refractivity contribution is -0.385. The molecule has 25 heavy (non-hydrogen) atoms. The molecule has 132 valence electrons. The van der Waals surface area contributed by atoms with Crippen molar-refractivity contribution >= 4 is 29.0 Å². The Morgan fingerprint density at radius 2 is 1.84 bits per heavy atom. The Hall–Kier alpha value is -2.55. The molecule has 0 radical (unpaired) electrons. The molecule has 5 nitrogen and oxygen atoms in total. The van der Waals surface area contributed by atoms with Crippen molar-refractivity contribution in [3.63, 3.8) is 0 Å². The fourth-order valence-corrected chi connectivity index (χ4v) is 2.66. The maximum absolute atomic E-state index is 13.1. The maximum Gasteiger partial charge on any atom is 0.418 e. The largest absolute Gasteiger partial charge is 0.418 e. The van der Waals surface area contributed by atoms with Gasteiger partial charge >= 0.3 is 6.18 Å². The zero-order valence-corrected chi connectivity index (χ0v) is 13.8. The topological polar surface area (TPSA) is 72.2 Å². The van der Waals surface area contributed by atoms with Crippen LogP contribution in [0.5, 0.6) is 0 Å². The highest BCUT2D eigenvalue weighted by molar-refractivity contribution is 8.00. The van der Waals surface area contributed by atoms with Crippen molar-refractivity contribution in [2.45, 2.75) is 18.0 Å². The number of carbonyl (C=O) groups is 1. The van der Waals surface area contributed by atoms with Crippen LogP contribution in [0, 0.1) is 17.0 Å². The molecule has 0 saturated carbocycles. The van der Waals surface area contributed by atoms with Crippen molar-refractivity contribution in [2.24, 2.45) is 0 Å². The van der Waals surface area contributed by atoms with Crippen LogP contribution >= 0.6 is 11.8 Å². The summed E-state index contributed by atoms with van der Waals surface area (Å²) in [5, 5.41) is 12.8. The normalized spacial score (nSPS) is 11.2. The van der Waals surface area contributed by atoms with Gasteiger partial charge in [0.25, 0.3) is 5.69 Å². The molecule has 0 aliphatic rings. The number of alkyl halides is 3. The van der Waals surface area contributed by atoms with Gasteiger partial charge in [-0.25, -0.2) is 0 Å². The number of aryl methyl sites for hydroxylation is 1. The summed E-state index contributed by atoms with van der Waals surface area (Å²) in [6.07, 6.45) is -4.82. The van der Waals surface area contributed by atoms with Crippen molar-refractivity contribution in [3.8, 4) is 0 Å². The molecular weight excluding hydrogens is 357 g/mol. The van der Waals surface area contributed by atoms with Gasteiger partial charge in [-0.3, -0.25) is 14.9 Å². The molecule has 2 aromatic carbocycles. The summed E-state index contributed by atoms with van der Waals surface area (Å²) in [7, 11) is 0. The minimum Gasteiger partial charge on any atom is -0.325 e.